The summed E-state index contributed by atoms with van der Waals surface area (Å²) in [6.45, 7) is 4.09. The minimum absolute atomic E-state index is 0.0366. The molecule has 1 atom stereocenters. The zero-order chi connectivity index (χ0) is 13.0. The topological polar surface area (TPSA) is 58.4 Å². The third-order valence-electron chi connectivity index (χ3n) is 3.45. The molecule has 1 fully saturated rings. The van der Waals surface area contributed by atoms with E-state index in [1.807, 2.05) is 0 Å². The fraction of sp³-hybridized carbons (Fsp3) is 0.500. The number of nitrogens with two attached hydrogens (primary N) is 1. The molecule has 1 aliphatic heterocycles. The molecule has 1 aliphatic rings. The van der Waals surface area contributed by atoms with E-state index in [-0.39, 0.29) is 11.9 Å². The van der Waals surface area contributed by atoms with Gasteiger partial charge in [0.15, 0.2) is 0 Å². The number of anilines is 1. The number of amides is 1. The van der Waals surface area contributed by atoms with Crippen molar-refractivity contribution in [3.05, 3.63) is 29.8 Å². The maximum Gasteiger partial charge on any atom is 0.244 e. The number of nitrogens with zero attached hydrogens (tertiary/aromatic N) is 1. The highest BCUT2D eigenvalue weighted by molar-refractivity contribution is 5.86. The Kier molecular flexibility index (Phi) is 4.20. The SMILES string of the molecule is CCc1ccc(N2CCCNC(=O)C2CN)cc1. The zero-order valence-corrected chi connectivity index (χ0v) is 10.9. The van der Waals surface area contributed by atoms with E-state index in [9.17, 15) is 4.79 Å². The van der Waals surface area contributed by atoms with Gasteiger partial charge in [0.05, 0.1) is 0 Å². The van der Waals surface area contributed by atoms with E-state index in [1.165, 1.54) is 5.56 Å². The van der Waals surface area contributed by atoms with E-state index < -0.39 is 0 Å². The second kappa shape index (κ2) is 5.87. The van der Waals surface area contributed by atoms with Gasteiger partial charge in [0.1, 0.15) is 6.04 Å². The fourth-order valence-electron chi connectivity index (χ4n) is 2.34. The van der Waals surface area contributed by atoms with Crippen molar-refractivity contribution < 1.29 is 4.79 Å². The predicted molar refractivity (Wildman–Crippen MR) is 73.6 cm³/mol. The Morgan fingerprint density at radius 2 is 2.11 bits per heavy atom. The summed E-state index contributed by atoms with van der Waals surface area (Å²) in [5.41, 5.74) is 8.14. The van der Waals surface area contributed by atoms with Crippen LogP contribution in [-0.4, -0.2) is 31.6 Å². The van der Waals surface area contributed by atoms with Crippen molar-refractivity contribution in [3.8, 4) is 0 Å². The van der Waals surface area contributed by atoms with E-state index in [0.717, 1.165) is 31.6 Å². The van der Waals surface area contributed by atoms with Crippen LogP contribution in [0.3, 0.4) is 0 Å². The Labute approximate surface area is 108 Å². The molecular formula is C14H21N3O. The summed E-state index contributed by atoms with van der Waals surface area (Å²) in [7, 11) is 0. The van der Waals surface area contributed by atoms with Crippen molar-refractivity contribution in [2.24, 2.45) is 5.73 Å². The summed E-state index contributed by atoms with van der Waals surface area (Å²) >= 11 is 0. The van der Waals surface area contributed by atoms with E-state index in [1.54, 1.807) is 0 Å². The van der Waals surface area contributed by atoms with Crippen LogP contribution in [0.15, 0.2) is 24.3 Å². The molecule has 1 aromatic carbocycles. The molecule has 0 spiro atoms. The summed E-state index contributed by atoms with van der Waals surface area (Å²) in [5.74, 6) is 0.0366. The third-order valence-corrected chi connectivity index (χ3v) is 3.45. The van der Waals surface area contributed by atoms with Crippen LogP contribution < -0.4 is 16.0 Å². The lowest BCUT2D eigenvalue weighted by molar-refractivity contribution is -0.121. The Balaban J connectivity index is 2.24. The predicted octanol–water partition coefficient (Wildman–Crippen LogP) is 0.903. The first-order chi connectivity index (χ1) is 8.76. The van der Waals surface area contributed by atoms with Gasteiger partial charge in [0.2, 0.25) is 5.91 Å². The van der Waals surface area contributed by atoms with E-state index >= 15 is 0 Å². The quantitative estimate of drug-likeness (QED) is 0.834. The summed E-state index contributed by atoms with van der Waals surface area (Å²) < 4.78 is 0. The van der Waals surface area contributed by atoms with Gasteiger partial charge in [-0.2, -0.15) is 0 Å². The van der Waals surface area contributed by atoms with Crippen molar-refractivity contribution >= 4 is 11.6 Å². The molecule has 4 nitrogen and oxygen atoms in total. The van der Waals surface area contributed by atoms with Crippen molar-refractivity contribution in [2.45, 2.75) is 25.8 Å². The Morgan fingerprint density at radius 3 is 2.72 bits per heavy atom. The number of rotatable bonds is 3. The highest BCUT2D eigenvalue weighted by Gasteiger charge is 2.26. The lowest BCUT2D eigenvalue weighted by Gasteiger charge is -2.29. The molecule has 2 rings (SSSR count). The monoisotopic (exact) mass is 247 g/mol. The van der Waals surface area contributed by atoms with Gasteiger partial charge in [-0.15, -0.1) is 0 Å². The van der Waals surface area contributed by atoms with Crippen LogP contribution in [0.25, 0.3) is 0 Å². The first-order valence-corrected chi connectivity index (χ1v) is 6.59. The molecular weight excluding hydrogens is 226 g/mol. The molecule has 0 bridgehead atoms. The number of hydrogen-bond acceptors (Lipinski definition) is 3. The molecule has 0 aliphatic carbocycles. The maximum atomic E-state index is 11.9. The van der Waals surface area contributed by atoms with Gasteiger partial charge in [-0.25, -0.2) is 0 Å². The first-order valence-electron chi connectivity index (χ1n) is 6.59. The van der Waals surface area contributed by atoms with Crippen LogP contribution in [0.2, 0.25) is 0 Å². The molecule has 0 aromatic heterocycles. The third kappa shape index (κ3) is 2.64. The van der Waals surface area contributed by atoms with E-state index in [0.29, 0.717) is 6.54 Å². The molecule has 1 aromatic rings. The summed E-state index contributed by atoms with van der Waals surface area (Å²) in [4.78, 5) is 14.0. The largest absolute Gasteiger partial charge is 0.358 e. The van der Waals surface area contributed by atoms with E-state index in [4.69, 9.17) is 5.73 Å². The Morgan fingerprint density at radius 1 is 1.39 bits per heavy atom. The summed E-state index contributed by atoms with van der Waals surface area (Å²) in [6.07, 6.45) is 1.98. The molecule has 1 saturated heterocycles. The number of carbonyl (C=O) groups excluding carboxylic acids is 1. The lowest BCUT2D eigenvalue weighted by Crippen LogP contribution is -2.49. The average molecular weight is 247 g/mol. The Hall–Kier alpha value is -1.55. The minimum atomic E-state index is -0.250. The van der Waals surface area contributed by atoms with Crippen molar-refractivity contribution in [1.82, 2.24) is 5.32 Å². The number of nitrogens with one attached hydrogen (secondary N) is 1. The van der Waals surface area contributed by atoms with Gasteiger partial charge in [-0.3, -0.25) is 4.79 Å². The van der Waals surface area contributed by atoms with Crippen molar-refractivity contribution in [1.29, 1.82) is 0 Å². The molecule has 0 radical (unpaired) electrons. The van der Waals surface area contributed by atoms with Gasteiger partial charge in [-0.05, 0) is 30.5 Å². The molecule has 1 heterocycles. The van der Waals surface area contributed by atoms with Gasteiger partial charge in [0.25, 0.3) is 0 Å². The van der Waals surface area contributed by atoms with Gasteiger partial charge in [-0.1, -0.05) is 19.1 Å². The molecule has 1 unspecified atom stereocenters. The van der Waals surface area contributed by atoms with Crippen molar-refractivity contribution in [3.63, 3.8) is 0 Å². The highest BCUT2D eigenvalue weighted by atomic mass is 16.2. The van der Waals surface area contributed by atoms with Crippen LogP contribution in [0.4, 0.5) is 5.69 Å². The molecule has 0 saturated carbocycles. The second-order valence-electron chi connectivity index (χ2n) is 4.61. The molecule has 18 heavy (non-hydrogen) atoms. The normalized spacial score (nSPS) is 20.4. The molecule has 4 heteroatoms. The number of aryl methyl sites for hydroxylation is 1. The average Bonchev–Trinajstić information content (AvgIpc) is 2.60. The van der Waals surface area contributed by atoms with Crippen LogP contribution in [0.1, 0.15) is 18.9 Å². The van der Waals surface area contributed by atoms with Gasteiger partial charge >= 0.3 is 0 Å². The summed E-state index contributed by atoms with van der Waals surface area (Å²) in [6, 6.07) is 8.15. The number of carbonyl (C=O) groups is 1. The van der Waals surface area contributed by atoms with Crippen LogP contribution in [0.5, 0.6) is 0 Å². The number of hydrogen-bond donors (Lipinski definition) is 2. The van der Waals surface area contributed by atoms with Gasteiger partial charge < -0.3 is 16.0 Å². The zero-order valence-electron chi connectivity index (χ0n) is 10.9. The Bertz CT molecular complexity index is 402. The highest BCUT2D eigenvalue weighted by Crippen LogP contribution is 2.19. The van der Waals surface area contributed by atoms with Gasteiger partial charge in [0, 0.05) is 25.3 Å². The van der Waals surface area contributed by atoms with Crippen molar-refractivity contribution in [2.75, 3.05) is 24.5 Å². The molecule has 3 N–H and O–H groups in total. The minimum Gasteiger partial charge on any atom is -0.358 e. The van der Waals surface area contributed by atoms with Crippen LogP contribution in [0, 0.1) is 0 Å². The molecule has 1 amide bonds. The van der Waals surface area contributed by atoms with Crippen LogP contribution >= 0.6 is 0 Å². The number of benzene rings is 1. The standard InChI is InChI=1S/C14H21N3O/c1-2-11-4-6-12(7-5-11)17-9-3-8-16-14(18)13(17)10-15/h4-7,13H,2-3,8-10,15H2,1H3,(H,16,18). The van der Waals surface area contributed by atoms with E-state index in [2.05, 4.69) is 41.4 Å². The summed E-state index contributed by atoms with van der Waals surface area (Å²) in [5, 5.41) is 2.91. The second-order valence-corrected chi connectivity index (χ2v) is 4.61. The smallest absolute Gasteiger partial charge is 0.244 e. The van der Waals surface area contributed by atoms with Crippen LogP contribution in [-0.2, 0) is 11.2 Å². The first kappa shape index (κ1) is 12.9. The lowest BCUT2D eigenvalue weighted by atomic mass is 10.1. The maximum absolute atomic E-state index is 11.9. The molecule has 98 valence electrons. The fourth-order valence-corrected chi connectivity index (χ4v) is 2.34.